The van der Waals surface area contributed by atoms with Crippen LogP contribution in [-0.2, 0) is 0 Å². The molecule has 0 aliphatic rings. The van der Waals surface area contributed by atoms with Crippen LogP contribution in [-0.4, -0.2) is 36.3 Å². The molecule has 1 unspecified atom stereocenters. The zero-order chi connectivity index (χ0) is 24.7. The van der Waals surface area contributed by atoms with Gasteiger partial charge in [0.15, 0.2) is 0 Å². The van der Waals surface area contributed by atoms with Crippen LogP contribution in [0.5, 0.6) is 0 Å². The molecule has 0 radical (unpaired) electrons. The molecule has 178 valence electrons. The second kappa shape index (κ2) is 9.05. The summed E-state index contributed by atoms with van der Waals surface area (Å²) in [6.07, 6.45) is 4.07. The summed E-state index contributed by atoms with van der Waals surface area (Å²) in [7, 11) is 0. The Morgan fingerprint density at radius 2 is 1.86 bits per heavy atom. The lowest BCUT2D eigenvalue weighted by Gasteiger charge is -2.19. The summed E-state index contributed by atoms with van der Waals surface area (Å²) in [4.78, 5) is 13.0. The molecule has 35 heavy (non-hydrogen) atoms. The van der Waals surface area contributed by atoms with Gasteiger partial charge < -0.3 is 9.67 Å². The molecule has 0 aliphatic heterocycles. The average molecular weight is 500 g/mol. The van der Waals surface area contributed by atoms with Crippen molar-refractivity contribution in [3.63, 3.8) is 0 Å². The van der Waals surface area contributed by atoms with E-state index < -0.39 is 25.0 Å². The van der Waals surface area contributed by atoms with Gasteiger partial charge in [-0.1, -0.05) is 23.7 Å². The van der Waals surface area contributed by atoms with Gasteiger partial charge in [-0.05, 0) is 47.0 Å². The van der Waals surface area contributed by atoms with Crippen molar-refractivity contribution in [3.05, 3.63) is 93.9 Å². The van der Waals surface area contributed by atoms with E-state index in [2.05, 4.69) is 15.3 Å². The Morgan fingerprint density at radius 1 is 1.06 bits per heavy atom. The standard InChI is InChI=1S/C24H17ClF3N5O2/c25-18-8-15(1-3-19(18)26)21(12-34)32-6-5-14(9-22(32)35)13-2-4-20-17(7-13)23(31-30-20)16-10-29-33(11-16)24(27)28/h1-11,21,24,34H,12H2,(H,30,31). The number of pyridine rings is 1. The fourth-order valence-corrected chi connectivity index (χ4v) is 4.17. The molecule has 5 aromatic rings. The van der Waals surface area contributed by atoms with E-state index in [1.54, 1.807) is 30.5 Å². The maximum absolute atomic E-state index is 13.5. The lowest BCUT2D eigenvalue weighted by atomic mass is 10.0. The van der Waals surface area contributed by atoms with Crippen LogP contribution in [0.2, 0.25) is 5.02 Å². The molecule has 2 aromatic carbocycles. The van der Waals surface area contributed by atoms with Crippen LogP contribution >= 0.6 is 11.6 Å². The molecule has 2 N–H and O–H groups in total. The van der Waals surface area contributed by atoms with Crippen molar-refractivity contribution in [2.75, 3.05) is 6.61 Å². The molecular formula is C24H17ClF3N5O2. The van der Waals surface area contributed by atoms with Crippen molar-refractivity contribution in [2.45, 2.75) is 12.6 Å². The number of hydrogen-bond acceptors (Lipinski definition) is 4. The molecule has 0 saturated carbocycles. The number of aromatic amines is 1. The summed E-state index contributed by atoms with van der Waals surface area (Å²) in [5, 5.41) is 21.2. The number of rotatable bonds is 6. The third kappa shape index (κ3) is 4.22. The first-order valence-corrected chi connectivity index (χ1v) is 10.8. The SMILES string of the molecule is O=c1cc(-c2ccc3[nH]nc(-c4cnn(C(F)F)c4)c3c2)ccn1C(CO)c1ccc(F)c(Cl)c1. The van der Waals surface area contributed by atoms with E-state index in [1.165, 1.54) is 41.2 Å². The Morgan fingerprint density at radius 3 is 2.54 bits per heavy atom. The summed E-state index contributed by atoms with van der Waals surface area (Å²) in [6, 6.07) is 11.8. The maximum atomic E-state index is 13.5. The van der Waals surface area contributed by atoms with Gasteiger partial charge in [0.05, 0.1) is 29.4 Å². The molecule has 1 atom stereocenters. The third-order valence-corrected chi connectivity index (χ3v) is 6.05. The molecule has 11 heteroatoms. The van der Waals surface area contributed by atoms with Crippen LogP contribution in [0.15, 0.2) is 71.9 Å². The van der Waals surface area contributed by atoms with Gasteiger partial charge in [0.1, 0.15) is 11.5 Å². The van der Waals surface area contributed by atoms with E-state index in [0.717, 1.165) is 0 Å². The quantitative estimate of drug-likeness (QED) is 0.343. The number of alkyl halides is 2. The van der Waals surface area contributed by atoms with Gasteiger partial charge in [-0.3, -0.25) is 9.89 Å². The number of benzene rings is 2. The molecule has 5 rings (SSSR count). The van der Waals surface area contributed by atoms with Crippen LogP contribution in [0.4, 0.5) is 13.2 Å². The minimum Gasteiger partial charge on any atom is -0.394 e. The Kier molecular flexibility index (Phi) is 5.91. The van der Waals surface area contributed by atoms with E-state index in [-0.39, 0.29) is 10.6 Å². The molecular weight excluding hydrogens is 483 g/mol. The monoisotopic (exact) mass is 499 g/mol. The molecule has 0 fully saturated rings. The molecule has 0 aliphatic carbocycles. The van der Waals surface area contributed by atoms with Crippen molar-refractivity contribution in [3.8, 4) is 22.4 Å². The first-order valence-electron chi connectivity index (χ1n) is 10.4. The minimum absolute atomic E-state index is 0.103. The second-order valence-corrected chi connectivity index (χ2v) is 8.26. The smallest absolute Gasteiger partial charge is 0.333 e. The van der Waals surface area contributed by atoms with Crippen LogP contribution in [0, 0.1) is 5.82 Å². The highest BCUT2D eigenvalue weighted by Gasteiger charge is 2.17. The fourth-order valence-electron chi connectivity index (χ4n) is 3.98. The van der Waals surface area contributed by atoms with Crippen LogP contribution in [0.1, 0.15) is 18.2 Å². The molecule has 3 heterocycles. The van der Waals surface area contributed by atoms with E-state index >= 15 is 0 Å². The fraction of sp³-hybridized carbons (Fsp3) is 0.125. The van der Waals surface area contributed by atoms with E-state index in [0.29, 0.717) is 43.5 Å². The van der Waals surface area contributed by atoms with Crippen molar-refractivity contribution in [1.82, 2.24) is 24.5 Å². The van der Waals surface area contributed by atoms with Gasteiger partial charge in [0.2, 0.25) is 0 Å². The summed E-state index contributed by atoms with van der Waals surface area (Å²) in [6.45, 7) is -3.15. The number of aliphatic hydroxyl groups excluding tert-OH is 1. The Balaban J connectivity index is 1.52. The predicted octanol–water partition coefficient (Wildman–Crippen LogP) is 5.02. The minimum atomic E-state index is -2.76. The number of aliphatic hydroxyl groups is 1. The average Bonchev–Trinajstić information content (AvgIpc) is 3.49. The van der Waals surface area contributed by atoms with E-state index in [9.17, 15) is 23.1 Å². The zero-order valence-corrected chi connectivity index (χ0v) is 18.6. The van der Waals surface area contributed by atoms with Gasteiger partial charge in [0, 0.05) is 29.4 Å². The molecule has 0 bridgehead atoms. The third-order valence-electron chi connectivity index (χ3n) is 5.76. The normalized spacial score (nSPS) is 12.5. The van der Waals surface area contributed by atoms with Gasteiger partial charge in [-0.15, -0.1) is 0 Å². The topological polar surface area (TPSA) is 88.7 Å². The highest BCUT2D eigenvalue weighted by atomic mass is 35.5. The first kappa shape index (κ1) is 22.9. The van der Waals surface area contributed by atoms with Gasteiger partial charge in [-0.25, -0.2) is 9.07 Å². The summed E-state index contributed by atoms with van der Waals surface area (Å²) in [5.74, 6) is -0.592. The van der Waals surface area contributed by atoms with Gasteiger partial charge >= 0.3 is 6.55 Å². The lowest BCUT2D eigenvalue weighted by Crippen LogP contribution is -2.26. The first-order chi connectivity index (χ1) is 16.9. The number of aromatic nitrogens is 5. The number of hydrogen-bond donors (Lipinski definition) is 2. The summed E-state index contributed by atoms with van der Waals surface area (Å²) >= 11 is 5.87. The van der Waals surface area contributed by atoms with Crippen molar-refractivity contribution < 1.29 is 18.3 Å². The van der Waals surface area contributed by atoms with Gasteiger partial charge in [-0.2, -0.15) is 19.0 Å². The number of nitrogens with zero attached hydrogens (tertiary/aromatic N) is 4. The Hall–Kier alpha value is -3.89. The van der Waals surface area contributed by atoms with E-state index in [1.807, 2.05) is 0 Å². The number of halogens is 4. The second-order valence-electron chi connectivity index (χ2n) is 7.85. The number of nitrogens with one attached hydrogen (secondary N) is 1. The van der Waals surface area contributed by atoms with E-state index in [4.69, 9.17) is 11.6 Å². The van der Waals surface area contributed by atoms with Crippen molar-refractivity contribution in [1.29, 1.82) is 0 Å². The summed E-state index contributed by atoms with van der Waals surface area (Å²) < 4.78 is 41.3. The van der Waals surface area contributed by atoms with Gasteiger partial charge in [0.25, 0.3) is 5.56 Å². The molecule has 0 saturated heterocycles. The molecule has 3 aromatic heterocycles. The Labute approximate surface area is 201 Å². The number of fused-ring (bicyclic) bond motifs is 1. The van der Waals surface area contributed by atoms with Crippen molar-refractivity contribution >= 4 is 22.5 Å². The maximum Gasteiger partial charge on any atom is 0.333 e. The highest BCUT2D eigenvalue weighted by molar-refractivity contribution is 6.30. The van der Waals surface area contributed by atoms with Crippen LogP contribution < -0.4 is 5.56 Å². The van der Waals surface area contributed by atoms with Crippen LogP contribution in [0.25, 0.3) is 33.3 Å². The zero-order valence-electron chi connectivity index (χ0n) is 17.9. The lowest BCUT2D eigenvalue weighted by molar-refractivity contribution is 0.0566. The summed E-state index contributed by atoms with van der Waals surface area (Å²) in [5.41, 5.74) is 2.99. The van der Waals surface area contributed by atoms with Crippen LogP contribution in [0.3, 0.4) is 0 Å². The largest absolute Gasteiger partial charge is 0.394 e. The Bertz CT molecular complexity index is 1590. The highest BCUT2D eigenvalue weighted by Crippen LogP contribution is 2.31. The molecule has 0 spiro atoms. The predicted molar refractivity (Wildman–Crippen MR) is 125 cm³/mol. The number of H-pyrrole nitrogens is 1. The molecule has 7 nitrogen and oxygen atoms in total. The van der Waals surface area contributed by atoms with Crippen molar-refractivity contribution in [2.24, 2.45) is 0 Å². The molecule has 0 amide bonds.